The molecule has 1 aliphatic heterocycles. The zero-order chi connectivity index (χ0) is 37.4. The number of primary amides is 1. The molecule has 1 aromatic heterocycles. The largest absolute Gasteiger partial charge is 0.481 e. The summed E-state index contributed by atoms with van der Waals surface area (Å²) in [5.74, 6) is -6.95. The minimum absolute atomic E-state index is 0.176. The Balaban J connectivity index is 1.57. The number of carboxylic acids is 2. The number of nitrogens with two attached hydrogens (primary N) is 1. The molecule has 0 unspecified atom stereocenters. The van der Waals surface area contributed by atoms with Crippen molar-refractivity contribution in [2.24, 2.45) is 17.6 Å². The lowest BCUT2D eigenvalue weighted by atomic mass is 9.78. The van der Waals surface area contributed by atoms with Gasteiger partial charge >= 0.3 is 11.9 Å². The Morgan fingerprint density at radius 2 is 1.65 bits per heavy atom. The van der Waals surface area contributed by atoms with E-state index in [0.717, 1.165) is 22.9 Å². The molecule has 1 aliphatic carbocycles. The molecule has 13 heteroatoms. The molecule has 2 aromatic carbocycles. The van der Waals surface area contributed by atoms with E-state index in [-0.39, 0.29) is 31.7 Å². The molecular weight excluding hydrogens is 666 g/mol. The third-order valence-electron chi connectivity index (χ3n) is 10.2. The molecular formula is C39H47N5O8. The van der Waals surface area contributed by atoms with Crippen LogP contribution in [0.15, 0.2) is 66.9 Å². The Hall–Kier alpha value is -5.46. The van der Waals surface area contributed by atoms with Crippen molar-refractivity contribution < 1.29 is 39.0 Å². The number of nitrogens with zero attached hydrogens (tertiary/aromatic N) is 1. The molecule has 0 bridgehead atoms. The zero-order valence-corrected chi connectivity index (χ0v) is 29.3. The zero-order valence-electron chi connectivity index (χ0n) is 29.3. The van der Waals surface area contributed by atoms with Crippen LogP contribution in [-0.2, 0) is 41.7 Å². The Morgan fingerprint density at radius 1 is 0.923 bits per heavy atom. The normalized spacial score (nSPS) is 23.4. The lowest BCUT2D eigenvalue weighted by Gasteiger charge is -2.39. The molecule has 7 N–H and O–H groups in total. The fraction of sp³-hybridized carbons (Fsp3) is 0.436. The Bertz CT molecular complexity index is 1840. The van der Waals surface area contributed by atoms with E-state index in [9.17, 15) is 39.0 Å². The van der Waals surface area contributed by atoms with Crippen molar-refractivity contribution >= 4 is 46.5 Å². The quantitative estimate of drug-likeness (QED) is 0.181. The van der Waals surface area contributed by atoms with Gasteiger partial charge in [0.15, 0.2) is 0 Å². The van der Waals surface area contributed by atoms with Gasteiger partial charge < -0.3 is 36.5 Å². The number of aromatic nitrogens is 1. The maximum absolute atomic E-state index is 14.3. The summed E-state index contributed by atoms with van der Waals surface area (Å²) in [6, 6.07) is 13.6. The maximum Gasteiger partial charge on any atom is 0.307 e. The summed E-state index contributed by atoms with van der Waals surface area (Å²) in [5, 5.41) is 29.0. The summed E-state index contributed by atoms with van der Waals surface area (Å²) in [7, 11) is 0. The summed E-state index contributed by atoms with van der Waals surface area (Å²) in [4.78, 5) is 77.8. The number of nitrogens with one attached hydrogen (secondary N) is 3. The van der Waals surface area contributed by atoms with Gasteiger partial charge in [0.25, 0.3) is 0 Å². The van der Waals surface area contributed by atoms with Gasteiger partial charge in [-0.3, -0.25) is 28.8 Å². The molecule has 4 atom stereocenters. The van der Waals surface area contributed by atoms with Crippen molar-refractivity contribution in [1.29, 1.82) is 0 Å². The van der Waals surface area contributed by atoms with Crippen LogP contribution in [0.4, 0.5) is 0 Å². The van der Waals surface area contributed by atoms with E-state index in [2.05, 4.69) is 26.6 Å². The predicted molar refractivity (Wildman–Crippen MR) is 193 cm³/mol. The number of allylic oxidation sites excluding steroid dienone is 2. The molecule has 0 radical (unpaired) electrons. The molecule has 5 rings (SSSR count). The maximum atomic E-state index is 14.3. The van der Waals surface area contributed by atoms with Crippen LogP contribution in [0.1, 0.15) is 74.0 Å². The predicted octanol–water partition coefficient (Wildman–Crippen LogP) is 3.32. The molecule has 1 saturated carbocycles. The lowest BCUT2D eigenvalue weighted by molar-refractivity contribution is -0.143. The summed E-state index contributed by atoms with van der Waals surface area (Å²) in [6.45, 7) is 2.68. The molecule has 3 aromatic rings. The number of rotatable bonds is 9. The number of hydrogen-bond donors (Lipinski definition) is 6. The molecule has 0 saturated heterocycles. The van der Waals surface area contributed by atoms with Crippen molar-refractivity contribution in [3.05, 3.63) is 83.6 Å². The summed E-state index contributed by atoms with van der Waals surface area (Å²) < 4.78 is 2.09. The number of amides is 4. The minimum Gasteiger partial charge on any atom is -0.481 e. The van der Waals surface area contributed by atoms with Crippen molar-refractivity contribution in [3.8, 4) is 0 Å². The first-order chi connectivity index (χ1) is 24.8. The van der Waals surface area contributed by atoms with Gasteiger partial charge in [-0.1, -0.05) is 67.3 Å². The number of carboxylic acid groups (broad SMARTS) is 2. The standard InChI is InChI=1S/C39H47N5O8/c1-24-8-13-32-28(18-24)14-17-44(32)23-26-6-5-7-29(27-11-9-25(10-12-27)19-34(46)47)30(20-35(48)49)36(50)43-39(15-3-2-4-16-39)38(52)42-31(21-33(40)45)37(51)41-22-26/h5,7-14,17-18,26,29-31H,2-4,6,15-16,19-23H2,1H3,(H2,40,45)(H,41,51)(H,42,52)(H,43,50)(H,46,47)(H,48,49)/b7-5+/t26-,29-,30+,31+/m1/s1. The highest BCUT2D eigenvalue weighted by Gasteiger charge is 2.44. The van der Waals surface area contributed by atoms with Crippen LogP contribution in [0, 0.1) is 18.8 Å². The van der Waals surface area contributed by atoms with E-state index in [1.54, 1.807) is 30.3 Å². The fourth-order valence-electron chi connectivity index (χ4n) is 7.45. The first-order valence-electron chi connectivity index (χ1n) is 17.8. The Morgan fingerprint density at radius 3 is 2.33 bits per heavy atom. The second-order valence-electron chi connectivity index (χ2n) is 14.2. The van der Waals surface area contributed by atoms with Crippen molar-refractivity contribution in [2.45, 2.75) is 88.8 Å². The van der Waals surface area contributed by atoms with Crippen LogP contribution in [-0.4, -0.2) is 68.5 Å². The number of carbonyl (C=O) groups is 6. The van der Waals surface area contributed by atoms with Crippen LogP contribution in [0.5, 0.6) is 0 Å². The first kappa shape index (κ1) is 37.8. The molecule has 276 valence electrons. The number of aryl methyl sites for hydroxylation is 1. The topological polar surface area (TPSA) is 210 Å². The van der Waals surface area contributed by atoms with E-state index in [1.807, 2.05) is 37.4 Å². The summed E-state index contributed by atoms with van der Waals surface area (Å²) in [5.41, 5.74) is 7.35. The van der Waals surface area contributed by atoms with Crippen LogP contribution >= 0.6 is 0 Å². The number of aliphatic carboxylic acids is 2. The first-order valence-corrected chi connectivity index (χ1v) is 17.8. The SMILES string of the molecule is Cc1ccc2c(ccn2C[C@@H]2C/C=C/[C@H](c3ccc(CC(=O)O)cc3)[C@H](CC(=O)O)C(=O)NC3(CCCCC3)C(=O)N[C@@H](CC(N)=O)C(=O)NC2)c1. The molecule has 2 aliphatic rings. The third-order valence-corrected chi connectivity index (χ3v) is 10.2. The number of hydrogen-bond acceptors (Lipinski definition) is 6. The van der Waals surface area contributed by atoms with E-state index in [4.69, 9.17) is 5.73 Å². The lowest BCUT2D eigenvalue weighted by Crippen LogP contribution is -2.64. The van der Waals surface area contributed by atoms with Crippen molar-refractivity contribution in [1.82, 2.24) is 20.5 Å². The molecule has 1 fully saturated rings. The van der Waals surface area contributed by atoms with Crippen molar-refractivity contribution in [3.63, 3.8) is 0 Å². The van der Waals surface area contributed by atoms with Crippen LogP contribution < -0.4 is 21.7 Å². The molecule has 52 heavy (non-hydrogen) atoms. The highest BCUT2D eigenvalue weighted by Crippen LogP contribution is 2.34. The third kappa shape index (κ3) is 9.45. The van der Waals surface area contributed by atoms with Gasteiger partial charge in [-0.25, -0.2) is 0 Å². The van der Waals surface area contributed by atoms with Gasteiger partial charge in [0.05, 0.1) is 25.2 Å². The molecule has 4 amide bonds. The second-order valence-corrected chi connectivity index (χ2v) is 14.2. The van der Waals surface area contributed by atoms with Crippen LogP contribution in [0.2, 0.25) is 0 Å². The van der Waals surface area contributed by atoms with E-state index >= 15 is 0 Å². The van der Waals surface area contributed by atoms with E-state index < -0.39 is 71.8 Å². The summed E-state index contributed by atoms with van der Waals surface area (Å²) in [6.07, 6.45) is 7.42. The number of carbonyl (C=O) groups excluding carboxylic acids is 4. The molecule has 13 nitrogen and oxygen atoms in total. The Kier molecular flexibility index (Phi) is 12.1. The van der Waals surface area contributed by atoms with E-state index in [0.29, 0.717) is 36.9 Å². The van der Waals surface area contributed by atoms with Gasteiger partial charge in [-0.15, -0.1) is 0 Å². The number of benzene rings is 2. The molecule has 1 spiro atoms. The summed E-state index contributed by atoms with van der Waals surface area (Å²) >= 11 is 0. The van der Waals surface area contributed by atoms with Crippen LogP contribution in [0.3, 0.4) is 0 Å². The average molecular weight is 714 g/mol. The second kappa shape index (κ2) is 16.7. The smallest absolute Gasteiger partial charge is 0.307 e. The highest BCUT2D eigenvalue weighted by atomic mass is 16.4. The highest BCUT2D eigenvalue weighted by molar-refractivity contribution is 5.97. The van der Waals surface area contributed by atoms with Gasteiger partial charge in [-0.2, -0.15) is 0 Å². The van der Waals surface area contributed by atoms with Gasteiger partial charge in [-0.05, 0) is 66.8 Å². The molecule has 2 heterocycles. The monoisotopic (exact) mass is 713 g/mol. The van der Waals surface area contributed by atoms with Gasteiger partial charge in [0.1, 0.15) is 11.6 Å². The van der Waals surface area contributed by atoms with E-state index in [1.165, 1.54) is 0 Å². The van der Waals surface area contributed by atoms with Gasteiger partial charge in [0.2, 0.25) is 23.6 Å². The van der Waals surface area contributed by atoms with Crippen molar-refractivity contribution in [2.75, 3.05) is 6.54 Å². The van der Waals surface area contributed by atoms with Gasteiger partial charge in [0, 0.05) is 30.7 Å². The number of fused-ring (bicyclic) bond motifs is 1. The average Bonchev–Trinajstić information content (AvgIpc) is 3.48. The fourth-order valence-corrected chi connectivity index (χ4v) is 7.45. The minimum atomic E-state index is -1.45. The Labute approximate surface area is 302 Å². The van der Waals surface area contributed by atoms with Crippen LogP contribution in [0.25, 0.3) is 10.9 Å².